The molecule has 3 atom stereocenters. The van der Waals surface area contributed by atoms with E-state index in [1.54, 1.807) is 6.92 Å². The van der Waals surface area contributed by atoms with Gasteiger partial charge in [0.1, 0.15) is 5.69 Å². The molecule has 1 unspecified atom stereocenters. The standard InChI is InChI=1S/C24H31N3O3/c1-6-26(24(29)30)22-13-16(2)27(5,17(3)28)23-12-11-20(14-21(22)23)19-9-7-18(8-10-19)15-25-4/h7-12,14,16,22,25H,6,13,15H2,1-5H3/p+1/t16-,22+,27?/m0/s1. The Balaban J connectivity index is 2.14. The number of fused-ring (bicyclic) bond motifs is 1. The van der Waals surface area contributed by atoms with Crippen molar-refractivity contribution in [2.24, 2.45) is 0 Å². The maximum Gasteiger partial charge on any atom is 0.407 e. The van der Waals surface area contributed by atoms with E-state index in [1.165, 1.54) is 10.5 Å². The molecule has 0 bridgehead atoms. The number of nitrogens with one attached hydrogen (secondary N) is 1. The van der Waals surface area contributed by atoms with E-state index in [0.717, 1.165) is 28.9 Å². The predicted molar refractivity (Wildman–Crippen MR) is 120 cm³/mol. The van der Waals surface area contributed by atoms with Crippen LogP contribution < -0.4 is 9.80 Å². The molecule has 0 fully saturated rings. The second kappa shape index (κ2) is 8.58. The van der Waals surface area contributed by atoms with E-state index in [0.29, 0.717) is 13.0 Å². The van der Waals surface area contributed by atoms with Gasteiger partial charge < -0.3 is 15.3 Å². The summed E-state index contributed by atoms with van der Waals surface area (Å²) in [5.41, 5.74) is 5.12. The lowest BCUT2D eigenvalue weighted by molar-refractivity contribution is -0.129. The third-order valence-corrected chi connectivity index (χ3v) is 6.62. The highest BCUT2D eigenvalue weighted by molar-refractivity contribution is 5.89. The fourth-order valence-corrected chi connectivity index (χ4v) is 4.61. The summed E-state index contributed by atoms with van der Waals surface area (Å²) in [6.45, 7) is 6.71. The van der Waals surface area contributed by atoms with Gasteiger partial charge in [0.05, 0.1) is 26.1 Å². The minimum Gasteiger partial charge on any atom is -0.465 e. The van der Waals surface area contributed by atoms with Crippen molar-refractivity contribution in [3.05, 3.63) is 53.6 Å². The molecule has 1 heterocycles. The Hall–Kier alpha value is -2.70. The summed E-state index contributed by atoms with van der Waals surface area (Å²) in [7, 11) is 3.86. The van der Waals surface area contributed by atoms with Crippen LogP contribution in [0.1, 0.15) is 44.4 Å². The van der Waals surface area contributed by atoms with Gasteiger partial charge in [0, 0.05) is 31.1 Å². The number of carboxylic acid groups (broad SMARTS) is 1. The van der Waals surface area contributed by atoms with Crippen LogP contribution in [0.25, 0.3) is 11.1 Å². The Kier molecular flexibility index (Phi) is 6.29. The topological polar surface area (TPSA) is 69.6 Å². The van der Waals surface area contributed by atoms with Gasteiger partial charge in [0.2, 0.25) is 0 Å². The maximum atomic E-state index is 12.7. The van der Waals surface area contributed by atoms with Crippen LogP contribution in [0, 0.1) is 0 Å². The van der Waals surface area contributed by atoms with Crippen LogP contribution in [-0.2, 0) is 11.3 Å². The molecule has 1 aliphatic heterocycles. The van der Waals surface area contributed by atoms with Gasteiger partial charge in [-0.15, -0.1) is 0 Å². The lowest BCUT2D eigenvalue weighted by atomic mass is 9.86. The molecule has 2 N–H and O–H groups in total. The van der Waals surface area contributed by atoms with Gasteiger partial charge in [0.15, 0.2) is 0 Å². The van der Waals surface area contributed by atoms with Crippen LogP contribution in [0.2, 0.25) is 0 Å². The average Bonchev–Trinajstić information content (AvgIpc) is 2.72. The van der Waals surface area contributed by atoms with Gasteiger partial charge in [-0.25, -0.2) is 14.1 Å². The Morgan fingerprint density at radius 3 is 2.33 bits per heavy atom. The third kappa shape index (κ3) is 3.73. The lowest BCUT2D eigenvalue weighted by Crippen LogP contribution is -2.60. The number of carbonyl (C=O) groups excluding carboxylic acids is 1. The predicted octanol–water partition coefficient (Wildman–Crippen LogP) is 4.39. The highest BCUT2D eigenvalue weighted by Crippen LogP contribution is 2.45. The molecular weight excluding hydrogens is 378 g/mol. The molecular formula is C24H32N3O3+. The van der Waals surface area contributed by atoms with Crippen molar-refractivity contribution in [2.45, 2.75) is 45.8 Å². The Morgan fingerprint density at radius 1 is 1.17 bits per heavy atom. The van der Waals surface area contributed by atoms with Crippen LogP contribution in [-0.4, -0.2) is 48.7 Å². The summed E-state index contributed by atoms with van der Waals surface area (Å²) in [4.78, 5) is 26.1. The normalized spacial score (nSPS) is 23.0. The first-order valence-electron chi connectivity index (χ1n) is 10.5. The van der Waals surface area contributed by atoms with Gasteiger partial charge in [-0.05, 0) is 49.7 Å². The SMILES string of the molecule is CCN(C(=O)O)[C@@H]1C[C@H](C)[N+](C)(C(C)=O)c2ccc(-c3ccc(CNC)cc3)cc21. The largest absolute Gasteiger partial charge is 0.465 e. The van der Waals surface area contributed by atoms with Gasteiger partial charge in [0.25, 0.3) is 0 Å². The monoisotopic (exact) mass is 410 g/mol. The first-order valence-corrected chi connectivity index (χ1v) is 10.5. The molecule has 6 nitrogen and oxygen atoms in total. The molecule has 2 aromatic carbocycles. The number of nitrogens with zero attached hydrogens (tertiary/aromatic N) is 2. The second-order valence-corrected chi connectivity index (χ2v) is 8.26. The van der Waals surface area contributed by atoms with Crippen molar-refractivity contribution >= 4 is 17.7 Å². The van der Waals surface area contributed by atoms with E-state index < -0.39 is 6.09 Å². The Morgan fingerprint density at radius 2 is 1.80 bits per heavy atom. The molecule has 6 heteroatoms. The van der Waals surface area contributed by atoms with Crippen molar-refractivity contribution in [2.75, 3.05) is 20.6 Å². The van der Waals surface area contributed by atoms with Crippen LogP contribution in [0.5, 0.6) is 0 Å². The van der Waals surface area contributed by atoms with Crippen LogP contribution in [0.15, 0.2) is 42.5 Å². The zero-order chi connectivity index (χ0) is 22.1. The molecule has 0 aliphatic carbocycles. The summed E-state index contributed by atoms with van der Waals surface area (Å²) in [5, 5.41) is 12.9. The Labute approximate surface area is 178 Å². The number of hydrogen-bond acceptors (Lipinski definition) is 3. The summed E-state index contributed by atoms with van der Waals surface area (Å²) in [6, 6.07) is 14.2. The molecule has 0 saturated carbocycles. The highest BCUT2D eigenvalue weighted by Gasteiger charge is 2.47. The van der Waals surface area contributed by atoms with Gasteiger partial charge in [-0.2, -0.15) is 0 Å². The summed E-state index contributed by atoms with van der Waals surface area (Å²) >= 11 is 0. The summed E-state index contributed by atoms with van der Waals surface area (Å²) < 4.78 is 0.185. The smallest absolute Gasteiger partial charge is 0.407 e. The van der Waals surface area contributed by atoms with E-state index in [-0.39, 0.29) is 22.5 Å². The van der Waals surface area contributed by atoms with Crippen molar-refractivity contribution in [1.29, 1.82) is 0 Å². The fraction of sp³-hybridized carbons (Fsp3) is 0.417. The van der Waals surface area contributed by atoms with Crippen molar-refractivity contribution in [3.63, 3.8) is 0 Å². The lowest BCUT2D eigenvalue weighted by Gasteiger charge is -2.45. The number of quaternary nitrogens is 1. The van der Waals surface area contributed by atoms with Crippen LogP contribution in [0.3, 0.4) is 0 Å². The van der Waals surface area contributed by atoms with Gasteiger partial charge >= 0.3 is 12.0 Å². The third-order valence-electron chi connectivity index (χ3n) is 6.62. The van der Waals surface area contributed by atoms with E-state index in [1.807, 2.05) is 40.1 Å². The summed E-state index contributed by atoms with van der Waals surface area (Å²) in [6.07, 6.45) is -0.324. The van der Waals surface area contributed by atoms with Gasteiger partial charge in [-0.3, -0.25) is 0 Å². The zero-order valence-electron chi connectivity index (χ0n) is 18.5. The average molecular weight is 411 g/mol. The molecule has 2 amide bonds. The number of amides is 2. The fourth-order valence-electron chi connectivity index (χ4n) is 4.61. The van der Waals surface area contributed by atoms with E-state index >= 15 is 0 Å². The number of rotatable bonds is 5. The second-order valence-electron chi connectivity index (χ2n) is 8.26. The van der Waals surface area contributed by atoms with Crippen LogP contribution >= 0.6 is 0 Å². The minimum atomic E-state index is -0.929. The molecule has 0 radical (unpaired) electrons. The maximum absolute atomic E-state index is 12.7. The Bertz CT molecular complexity index is 941. The molecule has 0 aromatic heterocycles. The van der Waals surface area contributed by atoms with E-state index in [2.05, 4.69) is 35.6 Å². The highest BCUT2D eigenvalue weighted by atomic mass is 16.4. The van der Waals surface area contributed by atoms with Crippen molar-refractivity contribution in [1.82, 2.24) is 14.7 Å². The first kappa shape index (κ1) is 22.0. The van der Waals surface area contributed by atoms with Crippen LogP contribution in [0.4, 0.5) is 10.5 Å². The summed E-state index contributed by atoms with van der Waals surface area (Å²) in [5.74, 6) is 0.0599. The quantitative estimate of drug-likeness (QED) is 0.718. The number of hydrogen-bond donors (Lipinski definition) is 2. The molecule has 2 aromatic rings. The molecule has 1 aliphatic rings. The molecule has 30 heavy (non-hydrogen) atoms. The minimum absolute atomic E-state index is 0.0138. The molecule has 160 valence electrons. The van der Waals surface area contributed by atoms with Crippen molar-refractivity contribution in [3.8, 4) is 11.1 Å². The first-order chi connectivity index (χ1) is 14.2. The van der Waals surface area contributed by atoms with E-state index in [4.69, 9.17) is 0 Å². The number of carbonyl (C=O) groups is 2. The van der Waals surface area contributed by atoms with Crippen molar-refractivity contribution < 1.29 is 14.7 Å². The zero-order valence-corrected chi connectivity index (χ0v) is 18.5. The van der Waals surface area contributed by atoms with E-state index in [9.17, 15) is 14.7 Å². The molecule has 3 rings (SSSR count). The number of benzene rings is 2. The van der Waals surface area contributed by atoms with Gasteiger partial charge in [-0.1, -0.05) is 24.3 Å². The molecule has 0 spiro atoms. The molecule has 0 saturated heterocycles.